The highest BCUT2D eigenvalue weighted by Crippen LogP contribution is 2.17. The molecule has 0 aromatic heterocycles. The zero-order chi connectivity index (χ0) is 8.27. The maximum Gasteiger partial charge on any atom is 0.165 e. The van der Waals surface area contributed by atoms with E-state index in [1.54, 1.807) is 6.07 Å². The van der Waals surface area contributed by atoms with Crippen LogP contribution in [0.4, 0.5) is 4.39 Å². The van der Waals surface area contributed by atoms with Gasteiger partial charge in [-0.1, -0.05) is 13.0 Å². The summed E-state index contributed by atoms with van der Waals surface area (Å²) in [6, 6.07) is 5.01. The van der Waals surface area contributed by atoms with Crippen molar-refractivity contribution in [3.63, 3.8) is 0 Å². The Hall–Kier alpha value is -1.09. The van der Waals surface area contributed by atoms with E-state index >= 15 is 0 Å². The molecule has 1 rings (SSSR count). The molecule has 0 unspecified atom stereocenters. The number of methoxy groups -OCH3 is 1. The molecular formula is C9H14FNO. The van der Waals surface area contributed by atoms with Crippen molar-refractivity contribution in [3.8, 4) is 5.75 Å². The Labute approximate surface area is 71.9 Å². The fourth-order valence-corrected chi connectivity index (χ4v) is 0.930. The lowest BCUT2D eigenvalue weighted by Crippen LogP contribution is -1.89. The normalized spacial score (nSPS) is 8.92. The zero-order valence-electron chi connectivity index (χ0n) is 7.43. The minimum absolute atomic E-state index is 0. The average Bonchev–Trinajstić information content (AvgIpc) is 2.04. The molecule has 0 bridgehead atoms. The van der Waals surface area contributed by atoms with Gasteiger partial charge in [0, 0.05) is 0 Å². The van der Waals surface area contributed by atoms with E-state index in [-0.39, 0.29) is 12.0 Å². The van der Waals surface area contributed by atoms with Gasteiger partial charge in [-0.25, -0.2) is 4.39 Å². The zero-order valence-corrected chi connectivity index (χ0v) is 7.43. The quantitative estimate of drug-likeness (QED) is 0.743. The Kier molecular flexibility index (Phi) is 4.29. The van der Waals surface area contributed by atoms with E-state index in [0.29, 0.717) is 5.75 Å². The molecule has 0 aliphatic rings. The molecule has 2 nitrogen and oxygen atoms in total. The largest absolute Gasteiger partial charge is 0.494 e. The van der Waals surface area contributed by atoms with Crippen molar-refractivity contribution in [2.24, 2.45) is 0 Å². The van der Waals surface area contributed by atoms with Crippen LogP contribution in [-0.2, 0) is 6.42 Å². The van der Waals surface area contributed by atoms with Crippen LogP contribution >= 0.6 is 0 Å². The monoisotopic (exact) mass is 171 g/mol. The summed E-state index contributed by atoms with van der Waals surface area (Å²) in [6.07, 6.45) is 0.848. The molecule has 0 spiro atoms. The highest BCUT2D eigenvalue weighted by atomic mass is 19.1. The third kappa shape index (κ3) is 2.20. The first-order valence-corrected chi connectivity index (χ1v) is 3.60. The smallest absolute Gasteiger partial charge is 0.165 e. The van der Waals surface area contributed by atoms with Gasteiger partial charge in [0.25, 0.3) is 0 Å². The maximum atomic E-state index is 12.9. The van der Waals surface area contributed by atoms with Crippen molar-refractivity contribution in [2.45, 2.75) is 13.3 Å². The Morgan fingerprint density at radius 3 is 2.50 bits per heavy atom. The second-order valence-electron chi connectivity index (χ2n) is 2.32. The highest BCUT2D eigenvalue weighted by Gasteiger charge is 2.00. The van der Waals surface area contributed by atoms with Gasteiger partial charge in [-0.3, -0.25) is 0 Å². The molecule has 0 saturated heterocycles. The predicted octanol–water partition coefficient (Wildman–Crippen LogP) is 2.56. The van der Waals surface area contributed by atoms with Crippen molar-refractivity contribution in [1.82, 2.24) is 6.15 Å². The van der Waals surface area contributed by atoms with E-state index < -0.39 is 0 Å². The van der Waals surface area contributed by atoms with Gasteiger partial charge >= 0.3 is 0 Å². The third-order valence-electron chi connectivity index (χ3n) is 1.62. The van der Waals surface area contributed by atoms with Crippen molar-refractivity contribution in [1.29, 1.82) is 0 Å². The lowest BCUT2D eigenvalue weighted by Gasteiger charge is -2.02. The van der Waals surface area contributed by atoms with E-state index in [2.05, 4.69) is 0 Å². The standard InChI is InChI=1S/C9H11FO.H3N/c1-3-7-4-5-9(11-2)8(10)6-7;/h4-6H,3H2,1-2H3;1H3. The van der Waals surface area contributed by atoms with Gasteiger partial charge in [-0.05, 0) is 24.1 Å². The maximum absolute atomic E-state index is 12.9. The van der Waals surface area contributed by atoms with Crippen LogP contribution in [0.2, 0.25) is 0 Å². The molecular weight excluding hydrogens is 157 g/mol. The summed E-state index contributed by atoms with van der Waals surface area (Å²) in [5.74, 6) is 0.0223. The minimum atomic E-state index is -0.285. The van der Waals surface area contributed by atoms with Crippen LogP contribution in [0.3, 0.4) is 0 Å². The molecule has 1 aromatic carbocycles. The second kappa shape index (κ2) is 4.72. The summed E-state index contributed by atoms with van der Waals surface area (Å²) in [5, 5.41) is 0. The fraction of sp³-hybridized carbons (Fsp3) is 0.333. The lowest BCUT2D eigenvalue weighted by atomic mass is 10.1. The van der Waals surface area contributed by atoms with Crippen LogP contribution in [0, 0.1) is 5.82 Å². The fourth-order valence-electron chi connectivity index (χ4n) is 0.930. The van der Waals surface area contributed by atoms with Crippen molar-refractivity contribution < 1.29 is 9.13 Å². The molecule has 68 valence electrons. The minimum Gasteiger partial charge on any atom is -0.494 e. The molecule has 0 aliphatic carbocycles. The molecule has 0 heterocycles. The van der Waals surface area contributed by atoms with Crippen molar-refractivity contribution in [2.75, 3.05) is 7.11 Å². The number of ether oxygens (including phenoxy) is 1. The summed E-state index contributed by atoms with van der Waals surface area (Å²) < 4.78 is 17.7. The molecule has 3 N–H and O–H groups in total. The van der Waals surface area contributed by atoms with E-state index in [1.165, 1.54) is 13.2 Å². The molecule has 0 aliphatic heterocycles. The van der Waals surface area contributed by atoms with Gasteiger partial charge in [-0.15, -0.1) is 0 Å². The van der Waals surface area contributed by atoms with E-state index in [4.69, 9.17) is 4.74 Å². The second-order valence-corrected chi connectivity index (χ2v) is 2.32. The molecule has 0 amide bonds. The number of rotatable bonds is 2. The summed E-state index contributed by atoms with van der Waals surface area (Å²) in [7, 11) is 1.46. The van der Waals surface area contributed by atoms with Crippen molar-refractivity contribution in [3.05, 3.63) is 29.6 Å². The number of hydrogen-bond donors (Lipinski definition) is 1. The van der Waals surface area contributed by atoms with Crippen LogP contribution in [0.5, 0.6) is 5.75 Å². The molecule has 12 heavy (non-hydrogen) atoms. The van der Waals surface area contributed by atoms with Gasteiger partial charge in [0.1, 0.15) is 0 Å². The summed E-state index contributed by atoms with van der Waals surface area (Å²) >= 11 is 0. The molecule has 0 fully saturated rings. The summed E-state index contributed by atoms with van der Waals surface area (Å²) in [4.78, 5) is 0. The topological polar surface area (TPSA) is 44.2 Å². The molecule has 0 saturated carbocycles. The first kappa shape index (κ1) is 10.9. The van der Waals surface area contributed by atoms with Crippen molar-refractivity contribution >= 4 is 0 Å². The molecule has 3 heteroatoms. The van der Waals surface area contributed by atoms with Gasteiger partial charge in [0.15, 0.2) is 11.6 Å². The highest BCUT2D eigenvalue weighted by molar-refractivity contribution is 5.29. The Morgan fingerprint density at radius 2 is 2.08 bits per heavy atom. The first-order chi connectivity index (χ1) is 5.27. The number of hydrogen-bond acceptors (Lipinski definition) is 2. The molecule has 0 atom stereocenters. The Morgan fingerprint density at radius 1 is 1.42 bits per heavy atom. The summed E-state index contributed by atoms with van der Waals surface area (Å²) in [5.41, 5.74) is 0.989. The van der Waals surface area contributed by atoms with Crippen LogP contribution in [-0.4, -0.2) is 7.11 Å². The first-order valence-electron chi connectivity index (χ1n) is 3.60. The van der Waals surface area contributed by atoms with Gasteiger partial charge in [0.2, 0.25) is 0 Å². The number of benzene rings is 1. The summed E-state index contributed by atoms with van der Waals surface area (Å²) in [6.45, 7) is 1.99. The average molecular weight is 171 g/mol. The van der Waals surface area contributed by atoms with Gasteiger partial charge in [-0.2, -0.15) is 0 Å². The molecule has 1 aromatic rings. The van der Waals surface area contributed by atoms with Gasteiger partial charge in [0.05, 0.1) is 7.11 Å². The Balaban J connectivity index is 0.00000121. The van der Waals surface area contributed by atoms with Crippen LogP contribution in [0.1, 0.15) is 12.5 Å². The number of aryl methyl sites for hydroxylation is 1. The van der Waals surface area contributed by atoms with Crippen LogP contribution in [0.15, 0.2) is 18.2 Å². The van der Waals surface area contributed by atoms with E-state index in [9.17, 15) is 4.39 Å². The third-order valence-corrected chi connectivity index (χ3v) is 1.62. The SMILES string of the molecule is CCc1ccc(OC)c(F)c1.N. The Bertz CT molecular complexity index is 250. The van der Waals surface area contributed by atoms with Crippen LogP contribution in [0.25, 0.3) is 0 Å². The number of halogens is 1. The lowest BCUT2D eigenvalue weighted by molar-refractivity contribution is 0.386. The van der Waals surface area contributed by atoms with E-state index in [1.807, 2.05) is 13.0 Å². The van der Waals surface area contributed by atoms with Gasteiger partial charge < -0.3 is 10.9 Å². The predicted molar refractivity (Wildman–Crippen MR) is 47.4 cm³/mol. The van der Waals surface area contributed by atoms with E-state index in [0.717, 1.165) is 12.0 Å². The van der Waals surface area contributed by atoms with Crippen LogP contribution < -0.4 is 10.9 Å². The molecule has 0 radical (unpaired) electrons.